The summed E-state index contributed by atoms with van der Waals surface area (Å²) in [5.41, 5.74) is 1.61. The van der Waals surface area contributed by atoms with Gasteiger partial charge in [0.15, 0.2) is 0 Å². The Balaban J connectivity index is 0.000000212. The molecule has 108 valence electrons. The van der Waals surface area contributed by atoms with Crippen LogP contribution in [0.2, 0.25) is 0 Å². The smallest absolute Gasteiger partial charge is 0.414 e. The van der Waals surface area contributed by atoms with E-state index in [9.17, 15) is 0 Å². The fraction of sp³-hybridized carbons (Fsp3) is 0.462. The normalized spacial score (nSPS) is 25.9. The predicted octanol–water partition coefficient (Wildman–Crippen LogP) is 1.41. The van der Waals surface area contributed by atoms with Gasteiger partial charge in [0.05, 0.1) is 0 Å². The molecule has 0 spiro atoms. The number of carboxylic acids is 2. The van der Waals surface area contributed by atoms with Crippen LogP contribution in [-0.2, 0) is 9.59 Å². The van der Waals surface area contributed by atoms with Gasteiger partial charge in [-0.3, -0.25) is 4.90 Å². The second kappa shape index (κ2) is 6.62. The molecule has 3 aliphatic heterocycles. The summed E-state index contributed by atoms with van der Waals surface area (Å²) >= 11 is 1.74. The molecule has 1 aromatic heterocycles. The Morgan fingerprint density at radius 3 is 2.35 bits per heavy atom. The topological polar surface area (TPSA) is 90.7 Å². The van der Waals surface area contributed by atoms with Gasteiger partial charge in [0.25, 0.3) is 0 Å². The lowest BCUT2D eigenvalue weighted by molar-refractivity contribution is -0.159. The Bertz CT molecular complexity index is 492. The van der Waals surface area contributed by atoms with Gasteiger partial charge in [-0.15, -0.1) is 11.3 Å². The minimum absolute atomic E-state index is 0.851. The van der Waals surface area contributed by atoms with Crippen molar-refractivity contribution in [2.75, 3.05) is 19.6 Å². The van der Waals surface area contributed by atoms with Gasteiger partial charge in [0, 0.05) is 18.1 Å². The van der Waals surface area contributed by atoms with Crippen molar-refractivity contribution in [3.05, 3.63) is 22.2 Å². The highest BCUT2D eigenvalue weighted by molar-refractivity contribution is 7.10. The Morgan fingerprint density at radius 2 is 1.95 bits per heavy atom. The molecule has 0 aliphatic carbocycles. The molecule has 0 atom stereocenters. The molecule has 3 aliphatic rings. The van der Waals surface area contributed by atoms with Gasteiger partial charge in [-0.2, -0.15) is 0 Å². The third kappa shape index (κ3) is 3.88. The first kappa shape index (κ1) is 14.7. The molecule has 0 radical (unpaired) electrons. The summed E-state index contributed by atoms with van der Waals surface area (Å²) in [5.74, 6) is -2.80. The van der Waals surface area contributed by atoms with Crippen molar-refractivity contribution < 1.29 is 19.8 Å². The molecular formula is C13H16N2O4S. The third-order valence-corrected chi connectivity index (χ3v) is 4.18. The van der Waals surface area contributed by atoms with Gasteiger partial charge in [0.2, 0.25) is 0 Å². The van der Waals surface area contributed by atoms with E-state index in [4.69, 9.17) is 19.8 Å². The number of nitrogens with zero attached hydrogens (tertiary/aromatic N) is 2. The predicted molar refractivity (Wildman–Crippen MR) is 74.5 cm³/mol. The monoisotopic (exact) mass is 296 g/mol. The van der Waals surface area contributed by atoms with Crippen molar-refractivity contribution in [2.24, 2.45) is 5.92 Å². The number of fused-ring (bicyclic) bond motifs is 3. The van der Waals surface area contributed by atoms with E-state index in [1.165, 1.54) is 37.5 Å². The van der Waals surface area contributed by atoms with Gasteiger partial charge in [-0.05, 0) is 37.9 Å². The van der Waals surface area contributed by atoms with Gasteiger partial charge >= 0.3 is 11.9 Å². The molecular weight excluding hydrogens is 280 g/mol. The minimum atomic E-state index is -1.82. The molecule has 7 heteroatoms. The van der Waals surface area contributed by atoms with Crippen LogP contribution in [0.5, 0.6) is 0 Å². The third-order valence-electron chi connectivity index (χ3n) is 3.46. The number of carboxylic acid groups (broad SMARTS) is 2. The Hall–Kier alpha value is -1.73. The number of carbonyl (C=O) groups is 2. The van der Waals surface area contributed by atoms with Gasteiger partial charge < -0.3 is 10.2 Å². The van der Waals surface area contributed by atoms with Crippen LogP contribution in [0.1, 0.15) is 17.8 Å². The second-order valence-electron chi connectivity index (χ2n) is 4.75. The molecule has 4 rings (SSSR count). The van der Waals surface area contributed by atoms with E-state index >= 15 is 0 Å². The lowest BCUT2D eigenvalue weighted by Crippen LogP contribution is -2.42. The van der Waals surface area contributed by atoms with Crippen molar-refractivity contribution in [3.63, 3.8) is 0 Å². The molecule has 0 aromatic carbocycles. The van der Waals surface area contributed by atoms with Crippen molar-refractivity contribution in [2.45, 2.75) is 12.8 Å². The summed E-state index contributed by atoms with van der Waals surface area (Å²) in [6.45, 7) is 3.80. The molecule has 4 heterocycles. The molecule has 20 heavy (non-hydrogen) atoms. The maximum atomic E-state index is 9.10. The molecule has 0 amide bonds. The van der Waals surface area contributed by atoms with Crippen molar-refractivity contribution in [1.82, 2.24) is 9.88 Å². The van der Waals surface area contributed by atoms with E-state index in [0.29, 0.717) is 0 Å². The fourth-order valence-electron chi connectivity index (χ4n) is 2.48. The Morgan fingerprint density at radius 1 is 1.30 bits per heavy atom. The number of piperidine rings is 3. The van der Waals surface area contributed by atoms with E-state index in [1.807, 2.05) is 11.6 Å². The largest absolute Gasteiger partial charge is 0.473 e. The van der Waals surface area contributed by atoms with Crippen LogP contribution >= 0.6 is 11.3 Å². The molecule has 2 N–H and O–H groups in total. The summed E-state index contributed by atoms with van der Waals surface area (Å²) in [5, 5.41) is 18.0. The zero-order valence-corrected chi connectivity index (χ0v) is 11.7. The highest BCUT2D eigenvalue weighted by atomic mass is 32.1. The molecule has 2 bridgehead atoms. The summed E-state index contributed by atoms with van der Waals surface area (Å²) in [6, 6.07) is 0. The van der Waals surface area contributed by atoms with Crippen LogP contribution in [0.15, 0.2) is 17.2 Å². The molecule has 3 saturated heterocycles. The minimum Gasteiger partial charge on any atom is -0.473 e. The standard InChI is InChI=1S/C11H14N2S.C2H2O4/c1-4-13-5-2-9(1)10(8-13)7-11-12-3-6-14-11;3-1(4)2(5)6/h3,6-7,9H,1-2,4-5,8H2;(H,3,4)(H,5,6)/b10-7-;. The van der Waals surface area contributed by atoms with Crippen molar-refractivity contribution >= 4 is 29.4 Å². The van der Waals surface area contributed by atoms with Gasteiger partial charge in [0.1, 0.15) is 5.01 Å². The summed E-state index contributed by atoms with van der Waals surface area (Å²) in [6.07, 6.45) is 6.91. The number of thiazole rings is 1. The molecule has 3 fully saturated rings. The summed E-state index contributed by atoms with van der Waals surface area (Å²) < 4.78 is 0. The van der Waals surface area contributed by atoms with Gasteiger partial charge in [-0.1, -0.05) is 5.57 Å². The van der Waals surface area contributed by atoms with Gasteiger partial charge in [-0.25, -0.2) is 14.6 Å². The first-order valence-electron chi connectivity index (χ1n) is 6.35. The number of aliphatic carboxylic acids is 2. The summed E-state index contributed by atoms with van der Waals surface area (Å²) in [7, 11) is 0. The lowest BCUT2D eigenvalue weighted by Gasteiger charge is -2.40. The summed E-state index contributed by atoms with van der Waals surface area (Å²) in [4.78, 5) is 25.1. The van der Waals surface area contributed by atoms with E-state index in [-0.39, 0.29) is 0 Å². The second-order valence-corrected chi connectivity index (χ2v) is 5.68. The quantitative estimate of drug-likeness (QED) is 0.761. The Labute approximate surface area is 120 Å². The van der Waals surface area contributed by atoms with Crippen LogP contribution < -0.4 is 0 Å². The zero-order valence-electron chi connectivity index (χ0n) is 10.9. The SMILES string of the molecule is C(=C1\CN2CCC1CC2)/c1nccs1.O=C(O)C(=O)O. The van der Waals surface area contributed by atoms with E-state index in [2.05, 4.69) is 16.0 Å². The first-order valence-corrected chi connectivity index (χ1v) is 7.22. The molecule has 0 saturated carbocycles. The fourth-order valence-corrected chi connectivity index (χ4v) is 3.08. The number of rotatable bonds is 1. The molecule has 1 aromatic rings. The highest BCUT2D eigenvalue weighted by Gasteiger charge is 2.29. The maximum absolute atomic E-state index is 9.10. The van der Waals surface area contributed by atoms with E-state index in [0.717, 1.165) is 5.92 Å². The van der Waals surface area contributed by atoms with Crippen LogP contribution in [0, 0.1) is 5.92 Å². The highest BCUT2D eigenvalue weighted by Crippen LogP contribution is 2.32. The van der Waals surface area contributed by atoms with Crippen LogP contribution in [0.4, 0.5) is 0 Å². The van der Waals surface area contributed by atoms with E-state index < -0.39 is 11.9 Å². The number of hydrogen-bond acceptors (Lipinski definition) is 5. The van der Waals surface area contributed by atoms with Crippen molar-refractivity contribution in [1.29, 1.82) is 0 Å². The van der Waals surface area contributed by atoms with Crippen LogP contribution in [-0.4, -0.2) is 51.7 Å². The lowest BCUT2D eigenvalue weighted by atomic mass is 9.84. The zero-order chi connectivity index (χ0) is 14.5. The van der Waals surface area contributed by atoms with E-state index in [1.54, 1.807) is 16.9 Å². The molecule has 0 unspecified atom stereocenters. The van der Waals surface area contributed by atoms with Crippen LogP contribution in [0.3, 0.4) is 0 Å². The van der Waals surface area contributed by atoms with Crippen molar-refractivity contribution in [3.8, 4) is 0 Å². The number of aromatic nitrogens is 1. The number of hydrogen-bond donors (Lipinski definition) is 2. The average Bonchev–Trinajstić information content (AvgIpc) is 2.93. The Kier molecular flexibility index (Phi) is 4.86. The average molecular weight is 296 g/mol. The van der Waals surface area contributed by atoms with Crippen LogP contribution in [0.25, 0.3) is 6.08 Å². The molecule has 6 nitrogen and oxygen atoms in total. The first-order chi connectivity index (χ1) is 9.56. The maximum Gasteiger partial charge on any atom is 0.414 e.